The highest BCUT2D eigenvalue weighted by Crippen LogP contribution is 2.09. The van der Waals surface area contributed by atoms with Gasteiger partial charge in [-0.25, -0.2) is 0 Å². The highest BCUT2D eigenvalue weighted by atomic mass is 16.5. The van der Waals surface area contributed by atoms with Crippen molar-refractivity contribution in [1.82, 2.24) is 15.0 Å². The van der Waals surface area contributed by atoms with Gasteiger partial charge in [0.15, 0.2) is 0 Å². The summed E-state index contributed by atoms with van der Waals surface area (Å²) in [4.78, 5) is 15.9. The Kier molecular flexibility index (Phi) is 3.75. The fraction of sp³-hybridized carbons (Fsp3) is 0.636. The lowest BCUT2D eigenvalue weighted by Crippen LogP contribution is -2.49. The van der Waals surface area contributed by atoms with Gasteiger partial charge in [0.05, 0.1) is 12.3 Å². The SMILES string of the molecule is Cc1cc(C(=O)N2CCN(CCO)CC2)on1. The van der Waals surface area contributed by atoms with Crippen molar-refractivity contribution >= 4 is 5.91 Å². The summed E-state index contributed by atoms with van der Waals surface area (Å²) in [7, 11) is 0. The molecule has 94 valence electrons. The van der Waals surface area contributed by atoms with Crippen LogP contribution in [0, 0.1) is 6.92 Å². The third kappa shape index (κ3) is 2.83. The first-order valence-electron chi connectivity index (χ1n) is 5.76. The number of β-amino-alcohol motifs (C(OH)–C–C–N with tert-alkyl or cyclic N) is 1. The molecule has 0 aliphatic carbocycles. The summed E-state index contributed by atoms with van der Waals surface area (Å²) in [5.41, 5.74) is 0.715. The number of amides is 1. The molecular weight excluding hydrogens is 222 g/mol. The Morgan fingerprint density at radius 2 is 2.18 bits per heavy atom. The van der Waals surface area contributed by atoms with E-state index in [1.54, 1.807) is 17.9 Å². The first-order valence-corrected chi connectivity index (χ1v) is 5.76. The summed E-state index contributed by atoms with van der Waals surface area (Å²) in [6.45, 7) is 5.54. The molecule has 1 aromatic heterocycles. The second-order valence-corrected chi connectivity index (χ2v) is 4.19. The average molecular weight is 239 g/mol. The van der Waals surface area contributed by atoms with Crippen LogP contribution in [0.3, 0.4) is 0 Å². The van der Waals surface area contributed by atoms with E-state index in [1.165, 1.54) is 0 Å². The van der Waals surface area contributed by atoms with Crippen molar-refractivity contribution in [3.63, 3.8) is 0 Å². The smallest absolute Gasteiger partial charge is 0.292 e. The zero-order chi connectivity index (χ0) is 12.3. The molecule has 2 rings (SSSR count). The second kappa shape index (κ2) is 5.29. The number of carbonyl (C=O) groups excluding carboxylic acids is 1. The van der Waals surface area contributed by atoms with E-state index in [0.29, 0.717) is 31.1 Å². The molecule has 0 unspecified atom stereocenters. The molecule has 1 fully saturated rings. The molecule has 1 aromatic rings. The fourth-order valence-electron chi connectivity index (χ4n) is 1.94. The van der Waals surface area contributed by atoms with Gasteiger partial charge in [0.2, 0.25) is 5.76 Å². The molecule has 1 saturated heterocycles. The van der Waals surface area contributed by atoms with E-state index in [1.807, 2.05) is 0 Å². The number of hydrogen-bond acceptors (Lipinski definition) is 5. The summed E-state index contributed by atoms with van der Waals surface area (Å²) in [6, 6.07) is 1.66. The molecular formula is C11H17N3O3. The molecule has 1 N–H and O–H groups in total. The molecule has 1 aliphatic heterocycles. The van der Waals surface area contributed by atoms with Gasteiger partial charge in [-0.2, -0.15) is 0 Å². The number of nitrogens with zero attached hydrogens (tertiary/aromatic N) is 3. The van der Waals surface area contributed by atoms with Crippen molar-refractivity contribution in [2.24, 2.45) is 0 Å². The lowest BCUT2D eigenvalue weighted by Gasteiger charge is -2.33. The van der Waals surface area contributed by atoms with E-state index in [2.05, 4.69) is 10.1 Å². The Hall–Kier alpha value is -1.40. The molecule has 1 amide bonds. The Morgan fingerprint density at radius 3 is 2.71 bits per heavy atom. The van der Waals surface area contributed by atoms with Crippen LogP contribution in [0.2, 0.25) is 0 Å². The Morgan fingerprint density at radius 1 is 1.47 bits per heavy atom. The number of aromatic nitrogens is 1. The molecule has 0 saturated carbocycles. The van der Waals surface area contributed by atoms with E-state index in [-0.39, 0.29) is 12.5 Å². The van der Waals surface area contributed by atoms with Gasteiger partial charge in [-0.3, -0.25) is 9.69 Å². The van der Waals surface area contributed by atoms with E-state index >= 15 is 0 Å². The maximum atomic E-state index is 12.0. The minimum absolute atomic E-state index is 0.103. The van der Waals surface area contributed by atoms with Crippen LogP contribution in [0.1, 0.15) is 16.2 Å². The minimum atomic E-state index is -0.103. The highest BCUT2D eigenvalue weighted by molar-refractivity contribution is 5.91. The standard InChI is InChI=1S/C11H17N3O3/c1-9-8-10(17-12-9)11(16)14-4-2-13(3-5-14)6-7-15/h8,15H,2-7H2,1H3. The summed E-state index contributed by atoms with van der Waals surface area (Å²) in [5, 5.41) is 12.5. The van der Waals surface area contributed by atoms with Crippen LogP contribution in [-0.4, -0.2) is 65.3 Å². The topological polar surface area (TPSA) is 69.8 Å². The minimum Gasteiger partial charge on any atom is -0.395 e. The lowest BCUT2D eigenvalue weighted by molar-refractivity contribution is 0.0576. The van der Waals surface area contributed by atoms with Gasteiger partial charge in [0.1, 0.15) is 0 Å². The van der Waals surface area contributed by atoms with Gasteiger partial charge < -0.3 is 14.5 Å². The third-order valence-electron chi connectivity index (χ3n) is 2.91. The van der Waals surface area contributed by atoms with Crippen LogP contribution in [-0.2, 0) is 0 Å². The summed E-state index contributed by atoms with van der Waals surface area (Å²) in [5.74, 6) is 0.201. The molecule has 17 heavy (non-hydrogen) atoms. The fourth-order valence-corrected chi connectivity index (χ4v) is 1.94. The van der Waals surface area contributed by atoms with Gasteiger partial charge in [-0.1, -0.05) is 5.16 Å². The number of piperazine rings is 1. The maximum Gasteiger partial charge on any atom is 0.292 e. The summed E-state index contributed by atoms with van der Waals surface area (Å²) < 4.78 is 4.96. The highest BCUT2D eigenvalue weighted by Gasteiger charge is 2.24. The quantitative estimate of drug-likeness (QED) is 0.786. The monoisotopic (exact) mass is 239 g/mol. The van der Waals surface area contributed by atoms with E-state index in [0.717, 1.165) is 13.1 Å². The molecule has 1 aliphatic rings. The van der Waals surface area contributed by atoms with Crippen LogP contribution in [0.4, 0.5) is 0 Å². The zero-order valence-corrected chi connectivity index (χ0v) is 9.93. The molecule has 2 heterocycles. The molecule has 0 bridgehead atoms. The third-order valence-corrected chi connectivity index (χ3v) is 2.91. The van der Waals surface area contributed by atoms with Crippen LogP contribution < -0.4 is 0 Å². The van der Waals surface area contributed by atoms with Gasteiger partial charge >= 0.3 is 0 Å². The lowest BCUT2D eigenvalue weighted by atomic mass is 10.2. The Labute approximate surface area is 99.8 Å². The number of hydrogen-bond donors (Lipinski definition) is 1. The molecule has 0 spiro atoms. The number of aliphatic hydroxyl groups excluding tert-OH is 1. The zero-order valence-electron chi connectivity index (χ0n) is 9.93. The normalized spacial score (nSPS) is 17.4. The number of rotatable bonds is 3. The number of carbonyl (C=O) groups is 1. The first kappa shape index (κ1) is 12.1. The molecule has 0 aromatic carbocycles. The van der Waals surface area contributed by atoms with Crippen LogP contribution >= 0.6 is 0 Å². The van der Waals surface area contributed by atoms with E-state index < -0.39 is 0 Å². The number of aliphatic hydroxyl groups is 1. The van der Waals surface area contributed by atoms with E-state index in [4.69, 9.17) is 9.63 Å². The molecule has 6 heteroatoms. The summed E-state index contributed by atoms with van der Waals surface area (Å²) >= 11 is 0. The van der Waals surface area contributed by atoms with Crippen molar-refractivity contribution in [2.75, 3.05) is 39.3 Å². The Balaban J connectivity index is 1.90. The predicted octanol–water partition coefficient (Wildman–Crippen LogP) is -0.267. The predicted molar refractivity (Wildman–Crippen MR) is 60.7 cm³/mol. The maximum absolute atomic E-state index is 12.0. The van der Waals surface area contributed by atoms with Gasteiger partial charge in [0, 0.05) is 38.8 Å². The van der Waals surface area contributed by atoms with E-state index in [9.17, 15) is 4.79 Å². The van der Waals surface area contributed by atoms with Crippen LogP contribution in [0.25, 0.3) is 0 Å². The summed E-state index contributed by atoms with van der Waals surface area (Å²) in [6.07, 6.45) is 0. The van der Waals surface area contributed by atoms with Gasteiger partial charge in [0.25, 0.3) is 5.91 Å². The molecule has 0 atom stereocenters. The number of aryl methyl sites for hydroxylation is 1. The Bertz CT molecular complexity index is 383. The largest absolute Gasteiger partial charge is 0.395 e. The van der Waals surface area contributed by atoms with Gasteiger partial charge in [-0.15, -0.1) is 0 Å². The van der Waals surface area contributed by atoms with Crippen LogP contribution in [0.15, 0.2) is 10.6 Å². The van der Waals surface area contributed by atoms with Crippen molar-refractivity contribution in [3.8, 4) is 0 Å². The van der Waals surface area contributed by atoms with Crippen LogP contribution in [0.5, 0.6) is 0 Å². The molecule has 6 nitrogen and oxygen atoms in total. The van der Waals surface area contributed by atoms with Crippen molar-refractivity contribution < 1.29 is 14.4 Å². The first-order chi connectivity index (χ1) is 8.20. The van der Waals surface area contributed by atoms with Crippen molar-refractivity contribution in [1.29, 1.82) is 0 Å². The van der Waals surface area contributed by atoms with Crippen molar-refractivity contribution in [3.05, 3.63) is 17.5 Å². The van der Waals surface area contributed by atoms with Crippen molar-refractivity contribution in [2.45, 2.75) is 6.92 Å². The molecule has 0 radical (unpaired) electrons. The van der Waals surface area contributed by atoms with Gasteiger partial charge in [-0.05, 0) is 6.92 Å². The second-order valence-electron chi connectivity index (χ2n) is 4.19. The average Bonchev–Trinajstić information content (AvgIpc) is 2.76.